The van der Waals surface area contributed by atoms with Gasteiger partial charge in [0.15, 0.2) is 0 Å². The molecule has 3 heteroatoms. The summed E-state index contributed by atoms with van der Waals surface area (Å²) in [6.07, 6.45) is 10.8. The highest BCUT2D eigenvalue weighted by Crippen LogP contribution is 2.34. The molecule has 0 atom stereocenters. The summed E-state index contributed by atoms with van der Waals surface area (Å²) < 4.78 is 2.36. The SMILES string of the molecule is CCC1CCC(n2ccnc2NCC(C)C)CC1. The predicted octanol–water partition coefficient (Wildman–Crippen LogP) is 4.09. The van der Waals surface area contributed by atoms with Crippen LogP contribution in [-0.2, 0) is 0 Å². The Labute approximate surface area is 111 Å². The van der Waals surface area contributed by atoms with Gasteiger partial charge in [-0.05, 0) is 37.5 Å². The molecule has 0 radical (unpaired) electrons. The molecule has 1 fully saturated rings. The van der Waals surface area contributed by atoms with Crippen molar-refractivity contribution in [2.75, 3.05) is 11.9 Å². The van der Waals surface area contributed by atoms with E-state index in [1.165, 1.54) is 32.1 Å². The van der Waals surface area contributed by atoms with Gasteiger partial charge in [-0.25, -0.2) is 4.98 Å². The van der Waals surface area contributed by atoms with Crippen molar-refractivity contribution in [3.8, 4) is 0 Å². The fourth-order valence-corrected chi connectivity index (χ4v) is 2.87. The van der Waals surface area contributed by atoms with Gasteiger partial charge >= 0.3 is 0 Å². The zero-order valence-corrected chi connectivity index (χ0v) is 12.0. The van der Waals surface area contributed by atoms with Crippen LogP contribution in [0.2, 0.25) is 0 Å². The normalized spacial score (nSPS) is 24.4. The summed E-state index contributed by atoms with van der Waals surface area (Å²) in [4.78, 5) is 4.45. The molecule has 1 aromatic rings. The monoisotopic (exact) mass is 249 g/mol. The van der Waals surface area contributed by atoms with Crippen molar-refractivity contribution in [3.05, 3.63) is 12.4 Å². The van der Waals surface area contributed by atoms with Gasteiger partial charge in [0.1, 0.15) is 0 Å². The first-order valence-electron chi connectivity index (χ1n) is 7.47. The maximum Gasteiger partial charge on any atom is 0.203 e. The summed E-state index contributed by atoms with van der Waals surface area (Å²) in [7, 11) is 0. The minimum Gasteiger partial charge on any atom is -0.355 e. The fourth-order valence-electron chi connectivity index (χ4n) is 2.87. The lowest BCUT2D eigenvalue weighted by Gasteiger charge is -2.29. The van der Waals surface area contributed by atoms with Gasteiger partial charge in [0.25, 0.3) is 0 Å². The number of nitrogens with zero attached hydrogens (tertiary/aromatic N) is 2. The smallest absolute Gasteiger partial charge is 0.203 e. The minimum atomic E-state index is 0.657. The second-order valence-electron chi connectivity index (χ2n) is 6.02. The Morgan fingerprint density at radius 1 is 1.33 bits per heavy atom. The predicted molar refractivity (Wildman–Crippen MR) is 76.8 cm³/mol. The van der Waals surface area contributed by atoms with Crippen molar-refractivity contribution in [2.24, 2.45) is 11.8 Å². The number of hydrogen-bond acceptors (Lipinski definition) is 2. The molecule has 1 aliphatic rings. The Morgan fingerprint density at radius 2 is 2.06 bits per heavy atom. The highest BCUT2D eigenvalue weighted by atomic mass is 15.2. The summed E-state index contributed by atoms with van der Waals surface area (Å²) in [6.45, 7) is 7.78. The molecule has 1 saturated carbocycles. The van der Waals surface area contributed by atoms with Crippen molar-refractivity contribution in [1.29, 1.82) is 0 Å². The van der Waals surface area contributed by atoms with E-state index in [9.17, 15) is 0 Å². The van der Waals surface area contributed by atoms with E-state index in [0.29, 0.717) is 12.0 Å². The van der Waals surface area contributed by atoms with E-state index in [1.807, 2.05) is 6.20 Å². The van der Waals surface area contributed by atoms with E-state index < -0.39 is 0 Å². The Morgan fingerprint density at radius 3 is 2.67 bits per heavy atom. The van der Waals surface area contributed by atoms with Crippen LogP contribution in [0.5, 0.6) is 0 Å². The summed E-state index contributed by atoms with van der Waals surface area (Å²) in [6, 6.07) is 0.657. The van der Waals surface area contributed by atoms with E-state index in [0.717, 1.165) is 18.4 Å². The molecule has 1 aromatic heterocycles. The molecular weight excluding hydrogens is 222 g/mol. The summed E-state index contributed by atoms with van der Waals surface area (Å²) in [5, 5.41) is 3.47. The molecule has 102 valence electrons. The Bertz CT molecular complexity index is 348. The highest BCUT2D eigenvalue weighted by Gasteiger charge is 2.22. The highest BCUT2D eigenvalue weighted by molar-refractivity contribution is 5.26. The molecule has 1 aliphatic carbocycles. The second kappa shape index (κ2) is 6.26. The summed E-state index contributed by atoms with van der Waals surface area (Å²) >= 11 is 0. The largest absolute Gasteiger partial charge is 0.355 e. The van der Waals surface area contributed by atoms with E-state index in [-0.39, 0.29) is 0 Å². The third-order valence-corrected chi connectivity index (χ3v) is 4.12. The van der Waals surface area contributed by atoms with Crippen LogP contribution in [0.4, 0.5) is 5.95 Å². The van der Waals surface area contributed by atoms with Crippen LogP contribution >= 0.6 is 0 Å². The molecule has 0 unspecified atom stereocenters. The van der Waals surface area contributed by atoms with Crippen molar-refractivity contribution in [1.82, 2.24) is 9.55 Å². The van der Waals surface area contributed by atoms with Gasteiger partial charge in [-0.1, -0.05) is 27.2 Å². The van der Waals surface area contributed by atoms with E-state index in [1.54, 1.807) is 0 Å². The maximum atomic E-state index is 4.45. The minimum absolute atomic E-state index is 0.657. The number of nitrogens with one attached hydrogen (secondary N) is 1. The van der Waals surface area contributed by atoms with Crippen LogP contribution in [0.3, 0.4) is 0 Å². The third kappa shape index (κ3) is 3.27. The fraction of sp³-hybridized carbons (Fsp3) is 0.800. The third-order valence-electron chi connectivity index (χ3n) is 4.12. The van der Waals surface area contributed by atoms with Gasteiger partial charge in [-0.3, -0.25) is 0 Å². The molecule has 1 N–H and O–H groups in total. The first-order valence-corrected chi connectivity index (χ1v) is 7.47. The molecule has 0 saturated heterocycles. The average molecular weight is 249 g/mol. The zero-order valence-electron chi connectivity index (χ0n) is 12.0. The lowest BCUT2D eigenvalue weighted by molar-refractivity contribution is 0.271. The number of aromatic nitrogens is 2. The molecule has 1 heterocycles. The van der Waals surface area contributed by atoms with Crippen LogP contribution < -0.4 is 5.32 Å². The van der Waals surface area contributed by atoms with Crippen molar-refractivity contribution >= 4 is 5.95 Å². The number of anilines is 1. The Hall–Kier alpha value is -0.990. The second-order valence-corrected chi connectivity index (χ2v) is 6.02. The van der Waals surface area contributed by atoms with Crippen LogP contribution in [0.1, 0.15) is 58.9 Å². The van der Waals surface area contributed by atoms with Gasteiger partial charge in [0.2, 0.25) is 5.95 Å². The maximum absolute atomic E-state index is 4.45. The number of rotatable bonds is 5. The van der Waals surface area contributed by atoms with Gasteiger partial charge < -0.3 is 9.88 Å². The molecule has 0 amide bonds. The molecule has 0 aromatic carbocycles. The molecular formula is C15H27N3. The van der Waals surface area contributed by atoms with Crippen LogP contribution in [0, 0.1) is 11.8 Å². The Kier molecular flexibility index (Phi) is 4.67. The summed E-state index contributed by atoms with van der Waals surface area (Å²) in [5.41, 5.74) is 0. The van der Waals surface area contributed by atoms with Crippen molar-refractivity contribution < 1.29 is 0 Å². The van der Waals surface area contributed by atoms with E-state index in [4.69, 9.17) is 0 Å². The lowest BCUT2D eigenvalue weighted by atomic mass is 9.84. The molecule has 2 rings (SSSR count). The Balaban J connectivity index is 1.95. The molecule has 0 spiro atoms. The standard InChI is InChI=1S/C15H27N3/c1-4-13-5-7-14(8-6-13)18-10-9-16-15(18)17-11-12(2)3/h9-10,12-14H,4-8,11H2,1-3H3,(H,16,17). The van der Waals surface area contributed by atoms with E-state index >= 15 is 0 Å². The number of imidazole rings is 1. The topological polar surface area (TPSA) is 29.9 Å². The van der Waals surface area contributed by atoms with Gasteiger partial charge in [-0.15, -0.1) is 0 Å². The van der Waals surface area contributed by atoms with Gasteiger partial charge in [0, 0.05) is 25.0 Å². The van der Waals surface area contributed by atoms with Gasteiger partial charge in [-0.2, -0.15) is 0 Å². The van der Waals surface area contributed by atoms with Crippen LogP contribution in [-0.4, -0.2) is 16.1 Å². The first kappa shape index (κ1) is 13.4. The zero-order chi connectivity index (χ0) is 13.0. The summed E-state index contributed by atoms with van der Waals surface area (Å²) in [5.74, 6) is 2.67. The molecule has 3 nitrogen and oxygen atoms in total. The van der Waals surface area contributed by atoms with Gasteiger partial charge in [0.05, 0.1) is 0 Å². The van der Waals surface area contributed by atoms with Crippen molar-refractivity contribution in [2.45, 2.75) is 58.9 Å². The van der Waals surface area contributed by atoms with E-state index in [2.05, 4.69) is 41.8 Å². The first-order chi connectivity index (χ1) is 8.70. The van der Waals surface area contributed by atoms with Crippen LogP contribution in [0.25, 0.3) is 0 Å². The molecule has 18 heavy (non-hydrogen) atoms. The molecule has 0 aliphatic heterocycles. The average Bonchev–Trinajstić information content (AvgIpc) is 2.85. The van der Waals surface area contributed by atoms with Crippen molar-refractivity contribution in [3.63, 3.8) is 0 Å². The van der Waals surface area contributed by atoms with Crippen LogP contribution in [0.15, 0.2) is 12.4 Å². The molecule has 0 bridgehead atoms. The lowest BCUT2D eigenvalue weighted by Crippen LogP contribution is -2.20. The number of hydrogen-bond donors (Lipinski definition) is 1. The quantitative estimate of drug-likeness (QED) is 0.851.